The minimum absolute atomic E-state index is 0.409. The van der Waals surface area contributed by atoms with E-state index in [9.17, 15) is 4.79 Å². The van der Waals surface area contributed by atoms with E-state index in [1.807, 2.05) is 62.4 Å². The Morgan fingerprint density at radius 3 is 2.67 bits per heavy atom. The zero-order valence-electron chi connectivity index (χ0n) is 17.0. The van der Waals surface area contributed by atoms with Crippen LogP contribution in [-0.2, 0) is 4.74 Å². The number of ether oxygens (including phenoxy) is 1. The third-order valence-electron chi connectivity index (χ3n) is 4.49. The molecule has 154 valence electrons. The molecule has 2 heterocycles. The average Bonchev–Trinajstić information content (AvgIpc) is 3.13. The van der Waals surface area contributed by atoms with Gasteiger partial charge < -0.3 is 4.74 Å². The van der Waals surface area contributed by atoms with Gasteiger partial charge >= 0.3 is 6.09 Å². The molecule has 8 heteroatoms. The molecule has 2 aromatic carbocycles. The fourth-order valence-corrected chi connectivity index (χ4v) is 4.05. The quantitative estimate of drug-likeness (QED) is 0.275. The molecular weight excluding hydrogens is 515 g/mol. The van der Waals surface area contributed by atoms with Crippen molar-refractivity contribution in [3.63, 3.8) is 0 Å². The van der Waals surface area contributed by atoms with Crippen molar-refractivity contribution in [2.45, 2.75) is 33.3 Å². The first-order valence-electron chi connectivity index (χ1n) is 9.35. The van der Waals surface area contributed by atoms with Crippen molar-refractivity contribution in [1.29, 1.82) is 0 Å². The third kappa shape index (κ3) is 3.83. The van der Waals surface area contributed by atoms with Crippen molar-refractivity contribution in [3.8, 4) is 0 Å². The number of carbonyl (C=O) groups excluding carboxylic acids is 1. The predicted octanol–water partition coefficient (Wildman–Crippen LogP) is 6.52. The average molecular weight is 535 g/mol. The minimum Gasteiger partial charge on any atom is -0.443 e. The molecular formula is C22H20ClIN4O2. The van der Waals surface area contributed by atoms with Gasteiger partial charge in [-0.25, -0.2) is 19.7 Å². The topological polar surface area (TPSA) is 59.7 Å². The lowest BCUT2D eigenvalue weighted by Gasteiger charge is -2.29. The van der Waals surface area contributed by atoms with E-state index in [1.54, 1.807) is 18.6 Å². The highest BCUT2D eigenvalue weighted by molar-refractivity contribution is 14.1. The molecule has 0 unspecified atom stereocenters. The number of fused-ring (bicyclic) bond motifs is 3. The van der Waals surface area contributed by atoms with Crippen LogP contribution in [0.25, 0.3) is 16.6 Å². The normalized spacial score (nSPS) is 11.8. The van der Waals surface area contributed by atoms with Gasteiger partial charge in [0.1, 0.15) is 11.1 Å². The zero-order chi connectivity index (χ0) is 21.6. The molecule has 0 saturated heterocycles. The maximum Gasteiger partial charge on any atom is 0.420 e. The Hall–Kier alpha value is -2.39. The van der Waals surface area contributed by atoms with E-state index >= 15 is 0 Å². The Labute approximate surface area is 193 Å². The second kappa shape index (κ2) is 7.70. The van der Waals surface area contributed by atoms with Gasteiger partial charge in [-0.1, -0.05) is 23.7 Å². The number of rotatable bonds is 2. The van der Waals surface area contributed by atoms with Crippen LogP contribution in [0.15, 0.2) is 48.9 Å². The lowest BCUT2D eigenvalue weighted by atomic mass is 10.1. The van der Waals surface area contributed by atoms with E-state index in [-0.39, 0.29) is 0 Å². The molecule has 0 fully saturated rings. The molecule has 0 N–H and O–H groups in total. The van der Waals surface area contributed by atoms with E-state index in [0.717, 1.165) is 20.2 Å². The van der Waals surface area contributed by atoms with Crippen LogP contribution >= 0.6 is 34.2 Å². The van der Waals surface area contributed by atoms with E-state index in [1.165, 1.54) is 4.90 Å². The summed E-state index contributed by atoms with van der Waals surface area (Å²) < 4.78 is 8.73. The standard InChI is InChI=1S/C22H20ClIN4O2/c1-13-6-5-7-15(23)19(13)28(21(29)30-22(2,3)4)20-18-11-25-12-27(18)17-10-14(24)8-9-16(17)26-20/h5-12H,1-4H3. The summed E-state index contributed by atoms with van der Waals surface area (Å²) in [5, 5.41) is 0.433. The van der Waals surface area contributed by atoms with Crippen LogP contribution in [0.4, 0.5) is 16.3 Å². The fraction of sp³-hybridized carbons (Fsp3) is 0.227. The number of hydrogen-bond donors (Lipinski definition) is 0. The minimum atomic E-state index is -0.687. The molecule has 0 saturated carbocycles. The van der Waals surface area contributed by atoms with E-state index in [4.69, 9.17) is 21.3 Å². The lowest BCUT2D eigenvalue weighted by molar-refractivity contribution is 0.0598. The Bertz CT molecular complexity index is 1260. The Kier molecular flexibility index (Phi) is 5.36. The van der Waals surface area contributed by atoms with Gasteiger partial charge in [0.05, 0.1) is 34.3 Å². The summed E-state index contributed by atoms with van der Waals surface area (Å²) in [5.41, 5.74) is 2.99. The highest BCUT2D eigenvalue weighted by Crippen LogP contribution is 2.38. The van der Waals surface area contributed by atoms with Gasteiger partial charge in [0.2, 0.25) is 0 Å². The molecule has 0 spiro atoms. The van der Waals surface area contributed by atoms with Gasteiger partial charge in [-0.2, -0.15) is 0 Å². The molecule has 0 aliphatic rings. The summed E-state index contributed by atoms with van der Waals surface area (Å²) in [6, 6.07) is 11.4. The van der Waals surface area contributed by atoms with Crippen LogP contribution < -0.4 is 4.90 Å². The van der Waals surface area contributed by atoms with Gasteiger partial charge in [0.25, 0.3) is 0 Å². The molecule has 4 rings (SSSR count). The maximum atomic E-state index is 13.4. The Balaban J connectivity index is 2.04. The van der Waals surface area contributed by atoms with Gasteiger partial charge in [0, 0.05) is 3.57 Å². The smallest absolute Gasteiger partial charge is 0.420 e. The second-order valence-corrected chi connectivity index (χ2v) is 9.59. The van der Waals surface area contributed by atoms with Gasteiger partial charge in [0.15, 0.2) is 5.82 Å². The highest BCUT2D eigenvalue weighted by atomic mass is 127. The monoisotopic (exact) mass is 534 g/mol. The summed E-state index contributed by atoms with van der Waals surface area (Å²) in [7, 11) is 0. The lowest BCUT2D eigenvalue weighted by Crippen LogP contribution is -2.35. The predicted molar refractivity (Wildman–Crippen MR) is 128 cm³/mol. The fourth-order valence-electron chi connectivity index (χ4n) is 3.27. The molecule has 0 aliphatic heterocycles. The molecule has 6 nitrogen and oxygen atoms in total. The summed E-state index contributed by atoms with van der Waals surface area (Å²) in [6.45, 7) is 7.38. The number of amides is 1. The molecule has 2 aromatic heterocycles. The van der Waals surface area contributed by atoms with Crippen molar-refractivity contribution in [3.05, 3.63) is 63.1 Å². The van der Waals surface area contributed by atoms with Gasteiger partial charge in [-0.05, 0) is 80.1 Å². The number of nitrogens with zero attached hydrogens (tertiary/aromatic N) is 4. The number of hydrogen-bond acceptors (Lipinski definition) is 4. The molecule has 0 bridgehead atoms. The molecule has 4 aromatic rings. The molecule has 30 heavy (non-hydrogen) atoms. The summed E-state index contributed by atoms with van der Waals surface area (Å²) in [6.07, 6.45) is 2.84. The van der Waals surface area contributed by atoms with Crippen molar-refractivity contribution in [2.75, 3.05) is 4.90 Å². The van der Waals surface area contributed by atoms with Crippen LogP contribution in [0, 0.1) is 10.5 Å². The van der Waals surface area contributed by atoms with Gasteiger partial charge in [-0.15, -0.1) is 0 Å². The molecule has 0 radical (unpaired) electrons. The van der Waals surface area contributed by atoms with Crippen LogP contribution in [0.1, 0.15) is 26.3 Å². The van der Waals surface area contributed by atoms with Crippen LogP contribution in [0.3, 0.4) is 0 Å². The first kappa shape index (κ1) is 20.9. The zero-order valence-corrected chi connectivity index (χ0v) is 19.9. The van der Waals surface area contributed by atoms with Crippen LogP contribution in [0.2, 0.25) is 5.02 Å². The Morgan fingerprint density at radius 2 is 1.97 bits per heavy atom. The third-order valence-corrected chi connectivity index (χ3v) is 5.47. The summed E-state index contributed by atoms with van der Waals surface area (Å²) in [5.74, 6) is 0.409. The number of aryl methyl sites for hydroxylation is 1. The van der Waals surface area contributed by atoms with Crippen LogP contribution in [-0.4, -0.2) is 26.1 Å². The Morgan fingerprint density at radius 1 is 1.20 bits per heavy atom. The summed E-state index contributed by atoms with van der Waals surface area (Å²) >= 11 is 8.81. The van der Waals surface area contributed by atoms with Crippen molar-refractivity contribution < 1.29 is 9.53 Å². The number of halogens is 2. The van der Waals surface area contributed by atoms with Crippen molar-refractivity contribution in [1.82, 2.24) is 14.4 Å². The number of carbonyl (C=O) groups is 1. The first-order chi connectivity index (χ1) is 14.2. The van der Waals surface area contributed by atoms with Crippen LogP contribution in [0.5, 0.6) is 0 Å². The molecule has 1 amide bonds. The van der Waals surface area contributed by atoms with E-state index in [0.29, 0.717) is 22.0 Å². The number of para-hydroxylation sites is 1. The van der Waals surface area contributed by atoms with Crippen molar-refractivity contribution in [2.24, 2.45) is 0 Å². The molecule has 0 aliphatic carbocycles. The number of anilines is 2. The molecule has 0 atom stereocenters. The number of imidazole rings is 1. The SMILES string of the molecule is Cc1cccc(Cl)c1N(C(=O)OC(C)(C)C)c1nc2ccc(I)cc2n2cncc12. The largest absolute Gasteiger partial charge is 0.443 e. The van der Waals surface area contributed by atoms with E-state index in [2.05, 4.69) is 27.6 Å². The summed E-state index contributed by atoms with van der Waals surface area (Å²) in [4.78, 5) is 24.0. The van der Waals surface area contributed by atoms with Crippen molar-refractivity contribution >= 4 is 68.3 Å². The number of benzene rings is 2. The second-order valence-electron chi connectivity index (χ2n) is 7.94. The maximum absolute atomic E-state index is 13.4. The van der Waals surface area contributed by atoms with E-state index < -0.39 is 11.7 Å². The highest BCUT2D eigenvalue weighted by Gasteiger charge is 2.30. The number of aromatic nitrogens is 3. The van der Waals surface area contributed by atoms with Gasteiger partial charge in [-0.3, -0.25) is 4.40 Å². The first-order valence-corrected chi connectivity index (χ1v) is 10.8.